The number of hydrogen-bond acceptors (Lipinski definition) is 16. The number of carbonyl (C=O) groups is 2. The monoisotopic (exact) mass is 1060 g/mol. The molecule has 3 N–H and O–H groups in total. The first kappa shape index (κ1) is 59.2. The quantitative estimate of drug-likeness (QED) is 0.0417. The third kappa shape index (κ3) is 19.4. The van der Waals surface area contributed by atoms with Crippen LogP contribution in [0, 0.1) is 0 Å². The Morgan fingerprint density at radius 3 is 2.05 bits per heavy atom. The lowest BCUT2D eigenvalue weighted by atomic mass is 9.91. The summed E-state index contributed by atoms with van der Waals surface area (Å²) in [6, 6.07) is 28.1. The van der Waals surface area contributed by atoms with Crippen LogP contribution >= 0.6 is 0 Å². The molecule has 418 valence electrons. The van der Waals surface area contributed by atoms with Crippen molar-refractivity contribution in [2.45, 2.75) is 50.6 Å². The Balaban J connectivity index is 0.646. The average molecular weight is 1060 g/mol. The number of hydrogen-bond donors (Lipinski definition) is 3. The van der Waals surface area contributed by atoms with Crippen molar-refractivity contribution in [3.8, 4) is 5.75 Å². The minimum absolute atomic E-state index is 0.0749. The lowest BCUT2D eigenvalue weighted by Gasteiger charge is -2.39. The molecule has 4 heterocycles. The third-order valence-corrected chi connectivity index (χ3v) is 13.4. The molecule has 5 aromatic rings. The number of nitrogens with zero attached hydrogens (tertiary/aromatic N) is 4. The van der Waals surface area contributed by atoms with Crippen molar-refractivity contribution in [1.82, 2.24) is 25.5 Å². The summed E-state index contributed by atoms with van der Waals surface area (Å²) in [4.78, 5) is 40.6. The molecule has 0 aliphatic carbocycles. The topological polar surface area (TPSA) is 186 Å². The molecule has 0 spiro atoms. The van der Waals surface area contributed by atoms with Crippen molar-refractivity contribution in [2.24, 2.45) is 0 Å². The van der Waals surface area contributed by atoms with Crippen LogP contribution < -0.4 is 25.6 Å². The van der Waals surface area contributed by atoms with E-state index in [1.165, 1.54) is 0 Å². The first-order valence-electron chi connectivity index (χ1n) is 27.1. The predicted octanol–water partition coefficient (Wildman–Crippen LogP) is 5.66. The first-order valence-corrected chi connectivity index (χ1v) is 27.1. The fraction of sp³-hybridized carbons (Fsp3) is 0.525. The zero-order chi connectivity index (χ0) is 53.9. The van der Waals surface area contributed by atoms with Gasteiger partial charge in [-0.3, -0.25) is 24.5 Å². The van der Waals surface area contributed by atoms with Crippen molar-refractivity contribution in [2.75, 3.05) is 162 Å². The van der Waals surface area contributed by atoms with Crippen LogP contribution in [0.3, 0.4) is 0 Å². The number of pyridine rings is 2. The summed E-state index contributed by atoms with van der Waals surface area (Å²) in [5.74, 6) is 0.440. The Morgan fingerprint density at radius 2 is 1.38 bits per heavy atom. The SMILES string of the molecule is COC[C@H]1CN[C@H](C)CN1CC(=O)N1CC(C)(C)c2ncc(Cc3ccccc3OCCOCCOCCOCCOCCOCCOCCOCCNC[C@@H](C(=O)Nc3ccc4cnccc4c3)c3ccccc3)cc21. The van der Waals surface area contributed by atoms with E-state index in [0.717, 1.165) is 63.4 Å². The largest absolute Gasteiger partial charge is 0.491 e. The average Bonchev–Trinajstić information content (AvgIpc) is 3.72. The Hall–Kier alpha value is -5.48. The smallest absolute Gasteiger partial charge is 0.241 e. The van der Waals surface area contributed by atoms with Gasteiger partial charge in [0, 0.05) is 93.4 Å². The third-order valence-electron chi connectivity index (χ3n) is 13.4. The molecule has 2 amide bonds. The first-order chi connectivity index (χ1) is 37.7. The van der Waals surface area contributed by atoms with Crippen LogP contribution in [0.15, 0.2) is 104 Å². The summed E-state index contributed by atoms with van der Waals surface area (Å²) in [6.07, 6.45) is 6.10. The van der Waals surface area contributed by atoms with E-state index in [-0.39, 0.29) is 29.2 Å². The Kier molecular flexibility index (Phi) is 24.9. The van der Waals surface area contributed by atoms with E-state index >= 15 is 0 Å². The maximum atomic E-state index is 13.9. The van der Waals surface area contributed by atoms with Gasteiger partial charge >= 0.3 is 0 Å². The minimum Gasteiger partial charge on any atom is -0.491 e. The fourth-order valence-corrected chi connectivity index (χ4v) is 9.41. The number of piperazine rings is 1. The van der Waals surface area contributed by atoms with Crippen LogP contribution in [-0.2, 0) is 59.3 Å². The number of ether oxygens (including phenoxy) is 9. The summed E-state index contributed by atoms with van der Waals surface area (Å²) in [5.41, 5.74) is 5.34. The molecule has 2 aliphatic heterocycles. The maximum Gasteiger partial charge on any atom is 0.241 e. The molecule has 0 radical (unpaired) electrons. The number of nitrogens with one attached hydrogen (secondary N) is 3. The van der Waals surface area contributed by atoms with Crippen molar-refractivity contribution in [3.63, 3.8) is 0 Å². The van der Waals surface area contributed by atoms with E-state index in [0.29, 0.717) is 144 Å². The molecule has 77 heavy (non-hydrogen) atoms. The van der Waals surface area contributed by atoms with Crippen LogP contribution in [0.2, 0.25) is 0 Å². The van der Waals surface area contributed by atoms with Gasteiger partial charge < -0.3 is 63.5 Å². The standard InChI is InChI=1S/C59H81N7O11/c1-45-41-65(52(39-62-45)43-69-4)42-56(67)66-44-59(2,3)57-54(66)35-46(37-63-57)34-49-12-8-9-13-55(49)77-33-32-76-31-30-75-29-28-74-27-26-73-25-24-72-23-22-71-21-20-70-19-18-61-40-53(47-10-6-5-7-11-47)58(68)64-51-15-14-50-38-60-17-16-48(50)36-51/h5-17,35-38,45,52-53,61-62H,18-34,39-44H2,1-4H3,(H,64,68)/t45-,52-,53-/m1/s1. The molecule has 7 rings (SSSR count). The van der Waals surface area contributed by atoms with Crippen LogP contribution in [0.25, 0.3) is 10.8 Å². The van der Waals surface area contributed by atoms with Gasteiger partial charge in [0.1, 0.15) is 12.4 Å². The van der Waals surface area contributed by atoms with E-state index < -0.39 is 0 Å². The van der Waals surface area contributed by atoms with E-state index in [2.05, 4.69) is 58.7 Å². The molecular formula is C59H81N7O11. The highest BCUT2D eigenvalue weighted by Crippen LogP contribution is 2.40. The summed E-state index contributed by atoms with van der Waals surface area (Å²) in [7, 11) is 1.71. The van der Waals surface area contributed by atoms with Crippen molar-refractivity contribution < 1.29 is 52.2 Å². The Bertz CT molecular complexity index is 2520. The predicted molar refractivity (Wildman–Crippen MR) is 297 cm³/mol. The number of rotatable bonds is 36. The van der Waals surface area contributed by atoms with E-state index in [9.17, 15) is 9.59 Å². The molecule has 0 bridgehead atoms. The van der Waals surface area contributed by atoms with Gasteiger partial charge in [-0.1, -0.05) is 68.4 Å². The maximum absolute atomic E-state index is 13.9. The molecule has 0 saturated carbocycles. The van der Waals surface area contributed by atoms with Crippen molar-refractivity contribution >= 4 is 34.0 Å². The second kappa shape index (κ2) is 32.4. The zero-order valence-electron chi connectivity index (χ0n) is 45.6. The highest BCUT2D eigenvalue weighted by Gasteiger charge is 2.41. The zero-order valence-corrected chi connectivity index (χ0v) is 45.6. The highest BCUT2D eigenvalue weighted by atomic mass is 16.6. The number of benzene rings is 3. The van der Waals surface area contributed by atoms with Crippen molar-refractivity contribution in [3.05, 3.63) is 126 Å². The summed E-state index contributed by atoms with van der Waals surface area (Å²) >= 11 is 0. The van der Waals surface area contributed by atoms with Gasteiger partial charge in [0.15, 0.2) is 0 Å². The minimum atomic E-state index is -0.365. The van der Waals surface area contributed by atoms with Gasteiger partial charge in [0.25, 0.3) is 0 Å². The Labute approximate surface area is 454 Å². The number of amides is 2. The number of methoxy groups -OCH3 is 1. The van der Waals surface area contributed by atoms with E-state index in [1.54, 1.807) is 13.3 Å². The molecule has 2 aliphatic rings. The van der Waals surface area contributed by atoms with Gasteiger partial charge in [-0.05, 0) is 59.3 Å². The highest BCUT2D eigenvalue weighted by molar-refractivity contribution is 5.98. The molecule has 2 aromatic heterocycles. The Morgan fingerprint density at radius 1 is 0.740 bits per heavy atom. The number of para-hydroxylation sites is 1. The molecule has 1 fully saturated rings. The number of fused-ring (bicyclic) bond motifs is 2. The molecule has 18 heteroatoms. The lowest BCUT2D eigenvalue weighted by Crippen LogP contribution is -2.59. The second-order valence-electron chi connectivity index (χ2n) is 19.9. The summed E-state index contributed by atoms with van der Waals surface area (Å²) < 4.78 is 51.3. The fourth-order valence-electron chi connectivity index (χ4n) is 9.41. The number of carbonyl (C=O) groups excluding carboxylic acids is 2. The van der Waals surface area contributed by atoms with Crippen LogP contribution in [0.4, 0.5) is 11.4 Å². The van der Waals surface area contributed by atoms with Gasteiger partial charge in [-0.2, -0.15) is 0 Å². The molecule has 3 atom stereocenters. The van der Waals surface area contributed by atoms with Crippen LogP contribution in [-0.4, -0.2) is 191 Å². The molecule has 3 aromatic carbocycles. The summed E-state index contributed by atoms with van der Waals surface area (Å²) in [6.45, 7) is 17.5. The normalized spacial score (nSPS) is 16.6. The van der Waals surface area contributed by atoms with E-state index in [4.69, 9.17) is 47.6 Å². The molecule has 1 saturated heterocycles. The van der Waals surface area contributed by atoms with Gasteiger partial charge in [-0.15, -0.1) is 0 Å². The van der Waals surface area contributed by atoms with Crippen LogP contribution in [0.5, 0.6) is 5.75 Å². The lowest BCUT2D eigenvalue weighted by molar-refractivity contribution is -0.121. The summed E-state index contributed by atoms with van der Waals surface area (Å²) in [5, 5.41) is 12.0. The number of aromatic nitrogens is 2. The van der Waals surface area contributed by atoms with Gasteiger partial charge in [0.05, 0.1) is 123 Å². The molecule has 0 unspecified atom stereocenters. The number of anilines is 2. The van der Waals surface area contributed by atoms with Crippen LogP contribution in [0.1, 0.15) is 49.1 Å². The second-order valence-corrected chi connectivity index (χ2v) is 19.9. The van der Waals surface area contributed by atoms with Gasteiger partial charge in [-0.25, -0.2) is 0 Å². The molecular weight excluding hydrogens is 983 g/mol. The van der Waals surface area contributed by atoms with E-state index in [1.807, 2.05) is 90.1 Å². The van der Waals surface area contributed by atoms with Crippen molar-refractivity contribution in [1.29, 1.82) is 0 Å². The van der Waals surface area contributed by atoms with Gasteiger partial charge in [0.2, 0.25) is 11.8 Å². The molecule has 18 nitrogen and oxygen atoms in total.